The highest BCUT2D eigenvalue weighted by Gasteiger charge is 2.22. The zero-order chi connectivity index (χ0) is 13.1. The van der Waals surface area contributed by atoms with Gasteiger partial charge in [0.05, 0.1) is 16.6 Å². The third kappa shape index (κ3) is 2.31. The van der Waals surface area contributed by atoms with Crippen LogP contribution in [0.15, 0.2) is 48.5 Å². The molecular weight excluding hydrogens is 234 g/mol. The van der Waals surface area contributed by atoms with Crippen LogP contribution in [-0.2, 0) is 0 Å². The van der Waals surface area contributed by atoms with Gasteiger partial charge < -0.3 is 10.2 Å². The Morgan fingerprint density at radius 1 is 1.11 bits per heavy atom. The van der Waals surface area contributed by atoms with Crippen LogP contribution in [0.4, 0.5) is 5.69 Å². The summed E-state index contributed by atoms with van der Waals surface area (Å²) in [4.78, 5) is 10.3. The van der Waals surface area contributed by atoms with Crippen LogP contribution in [0.3, 0.4) is 0 Å². The minimum Gasteiger partial charge on any atom is -0.508 e. The van der Waals surface area contributed by atoms with E-state index in [1.807, 2.05) is 0 Å². The molecule has 1 unspecified atom stereocenters. The minimum atomic E-state index is -1.09. The van der Waals surface area contributed by atoms with Crippen molar-refractivity contribution in [2.45, 2.75) is 6.10 Å². The fraction of sp³-hybridized carbons (Fsp3) is 0.0769. The maximum absolute atomic E-state index is 10.9. The Hall–Kier alpha value is -2.40. The zero-order valence-corrected chi connectivity index (χ0v) is 9.35. The van der Waals surface area contributed by atoms with E-state index in [0.717, 1.165) is 6.07 Å². The van der Waals surface area contributed by atoms with Gasteiger partial charge in [0.25, 0.3) is 5.69 Å². The van der Waals surface area contributed by atoms with E-state index >= 15 is 0 Å². The molecule has 18 heavy (non-hydrogen) atoms. The van der Waals surface area contributed by atoms with Crippen LogP contribution in [0.5, 0.6) is 5.75 Å². The molecule has 0 spiro atoms. The van der Waals surface area contributed by atoms with E-state index in [2.05, 4.69) is 0 Å². The van der Waals surface area contributed by atoms with Crippen molar-refractivity contribution in [2.24, 2.45) is 0 Å². The van der Waals surface area contributed by atoms with Gasteiger partial charge >= 0.3 is 0 Å². The third-order valence-corrected chi connectivity index (χ3v) is 2.62. The topological polar surface area (TPSA) is 83.6 Å². The monoisotopic (exact) mass is 245 g/mol. The number of hydrogen-bond donors (Lipinski definition) is 2. The maximum atomic E-state index is 10.9. The van der Waals surface area contributed by atoms with Crippen LogP contribution < -0.4 is 0 Å². The number of benzene rings is 2. The molecule has 0 saturated heterocycles. The van der Waals surface area contributed by atoms with Crippen molar-refractivity contribution in [1.29, 1.82) is 0 Å². The third-order valence-electron chi connectivity index (χ3n) is 2.62. The molecule has 0 bridgehead atoms. The van der Waals surface area contributed by atoms with Gasteiger partial charge in [0, 0.05) is 0 Å². The number of aliphatic hydroxyl groups is 1. The first kappa shape index (κ1) is 12.1. The van der Waals surface area contributed by atoms with E-state index in [4.69, 9.17) is 0 Å². The van der Waals surface area contributed by atoms with Crippen molar-refractivity contribution >= 4 is 5.69 Å². The van der Waals surface area contributed by atoms with Crippen molar-refractivity contribution in [1.82, 2.24) is 0 Å². The van der Waals surface area contributed by atoms with Gasteiger partial charge in [-0.25, -0.2) is 0 Å². The minimum absolute atomic E-state index is 0.156. The SMILES string of the molecule is O=[N+]([O-])c1cc(O)ccc1C(O)c1ccccc1. The Morgan fingerprint density at radius 3 is 2.39 bits per heavy atom. The number of aliphatic hydroxyl groups excluding tert-OH is 1. The van der Waals surface area contributed by atoms with Gasteiger partial charge in [-0.05, 0) is 17.7 Å². The predicted octanol–water partition coefficient (Wildman–Crippen LogP) is 2.38. The largest absolute Gasteiger partial charge is 0.508 e. The van der Waals surface area contributed by atoms with Crippen molar-refractivity contribution in [3.63, 3.8) is 0 Å². The summed E-state index contributed by atoms with van der Waals surface area (Å²) in [5.41, 5.74) is 0.418. The Morgan fingerprint density at radius 2 is 1.78 bits per heavy atom. The average Bonchev–Trinajstić information content (AvgIpc) is 2.39. The lowest BCUT2D eigenvalue weighted by atomic mass is 10.00. The Balaban J connectivity index is 2.48. The Kier molecular flexibility index (Phi) is 3.25. The second kappa shape index (κ2) is 4.85. The highest BCUT2D eigenvalue weighted by atomic mass is 16.6. The van der Waals surface area contributed by atoms with Crippen molar-refractivity contribution in [3.05, 3.63) is 69.8 Å². The molecule has 2 rings (SSSR count). The van der Waals surface area contributed by atoms with Gasteiger partial charge in [-0.3, -0.25) is 10.1 Å². The summed E-state index contributed by atoms with van der Waals surface area (Å²) in [5.74, 6) is -0.203. The van der Waals surface area contributed by atoms with Gasteiger partial charge in [0.2, 0.25) is 0 Å². The molecule has 5 heteroatoms. The van der Waals surface area contributed by atoms with Crippen LogP contribution in [0.1, 0.15) is 17.2 Å². The van der Waals surface area contributed by atoms with Crippen LogP contribution >= 0.6 is 0 Å². The highest BCUT2D eigenvalue weighted by Crippen LogP contribution is 2.32. The highest BCUT2D eigenvalue weighted by molar-refractivity contribution is 5.49. The van der Waals surface area contributed by atoms with E-state index in [9.17, 15) is 20.3 Å². The molecule has 0 aromatic heterocycles. The molecule has 0 aliphatic carbocycles. The second-order valence-electron chi connectivity index (χ2n) is 3.81. The van der Waals surface area contributed by atoms with E-state index in [0.29, 0.717) is 5.56 Å². The molecule has 2 aromatic rings. The molecule has 0 aliphatic rings. The first-order valence-corrected chi connectivity index (χ1v) is 5.30. The van der Waals surface area contributed by atoms with Gasteiger partial charge in [0.1, 0.15) is 11.9 Å². The molecule has 0 amide bonds. The summed E-state index contributed by atoms with van der Waals surface area (Å²) in [5, 5.41) is 30.3. The molecule has 1 atom stereocenters. The Bertz CT molecular complexity index is 568. The van der Waals surface area contributed by atoms with Crippen molar-refractivity contribution < 1.29 is 15.1 Å². The van der Waals surface area contributed by atoms with Crippen LogP contribution in [0.25, 0.3) is 0 Å². The molecule has 0 fully saturated rings. The molecule has 0 heterocycles. The molecule has 2 aromatic carbocycles. The van der Waals surface area contributed by atoms with Crippen LogP contribution in [-0.4, -0.2) is 15.1 Å². The zero-order valence-electron chi connectivity index (χ0n) is 9.35. The summed E-state index contributed by atoms with van der Waals surface area (Å²) >= 11 is 0. The van der Waals surface area contributed by atoms with Gasteiger partial charge in [-0.1, -0.05) is 30.3 Å². The average molecular weight is 245 g/mol. The van der Waals surface area contributed by atoms with Crippen molar-refractivity contribution in [2.75, 3.05) is 0 Å². The normalized spacial score (nSPS) is 12.1. The molecular formula is C13H11NO4. The number of nitrogens with zero attached hydrogens (tertiary/aromatic N) is 1. The lowest BCUT2D eigenvalue weighted by Crippen LogP contribution is -2.03. The standard InChI is InChI=1S/C13H11NO4/c15-10-6-7-11(12(8-10)14(17)18)13(16)9-4-2-1-3-5-9/h1-8,13,15-16H. The Labute approximate surface area is 103 Å². The van der Waals surface area contributed by atoms with Crippen molar-refractivity contribution in [3.8, 4) is 5.75 Å². The summed E-state index contributed by atoms with van der Waals surface area (Å²) in [6.45, 7) is 0. The number of hydrogen-bond acceptors (Lipinski definition) is 4. The molecule has 0 radical (unpaired) electrons. The quantitative estimate of drug-likeness (QED) is 0.642. The lowest BCUT2D eigenvalue weighted by molar-refractivity contribution is -0.386. The number of phenols is 1. The van der Waals surface area contributed by atoms with Gasteiger partial charge in [0.15, 0.2) is 0 Å². The maximum Gasteiger partial charge on any atom is 0.279 e. The van der Waals surface area contributed by atoms with E-state index in [1.54, 1.807) is 30.3 Å². The molecule has 0 saturated carbocycles. The molecule has 5 nitrogen and oxygen atoms in total. The fourth-order valence-electron chi connectivity index (χ4n) is 1.74. The number of nitro benzene ring substituents is 1. The first-order valence-electron chi connectivity index (χ1n) is 5.30. The first-order chi connectivity index (χ1) is 8.59. The molecule has 0 aliphatic heterocycles. The van der Waals surface area contributed by atoms with Gasteiger partial charge in [-0.15, -0.1) is 0 Å². The summed E-state index contributed by atoms with van der Waals surface area (Å²) in [6.07, 6.45) is -1.09. The van der Waals surface area contributed by atoms with Crippen LogP contribution in [0, 0.1) is 10.1 Å². The second-order valence-corrected chi connectivity index (χ2v) is 3.81. The number of phenolic OH excluding ortho intramolecular Hbond substituents is 1. The van der Waals surface area contributed by atoms with E-state index < -0.39 is 11.0 Å². The number of rotatable bonds is 3. The van der Waals surface area contributed by atoms with Gasteiger partial charge in [-0.2, -0.15) is 0 Å². The number of nitro groups is 1. The number of aromatic hydroxyl groups is 1. The molecule has 2 N–H and O–H groups in total. The van der Waals surface area contributed by atoms with E-state index in [-0.39, 0.29) is 17.0 Å². The summed E-state index contributed by atoms with van der Waals surface area (Å²) in [6, 6.07) is 12.3. The summed E-state index contributed by atoms with van der Waals surface area (Å²) in [7, 11) is 0. The van der Waals surface area contributed by atoms with E-state index in [1.165, 1.54) is 12.1 Å². The fourth-order valence-corrected chi connectivity index (χ4v) is 1.74. The smallest absolute Gasteiger partial charge is 0.279 e. The summed E-state index contributed by atoms with van der Waals surface area (Å²) < 4.78 is 0. The molecule has 92 valence electrons. The van der Waals surface area contributed by atoms with Crippen LogP contribution in [0.2, 0.25) is 0 Å². The predicted molar refractivity (Wildman–Crippen MR) is 65.3 cm³/mol. The lowest BCUT2D eigenvalue weighted by Gasteiger charge is -2.11.